The van der Waals surface area contributed by atoms with Gasteiger partial charge in [0.2, 0.25) is 5.78 Å². The van der Waals surface area contributed by atoms with E-state index in [-0.39, 0.29) is 10.7 Å². The predicted octanol–water partition coefficient (Wildman–Crippen LogP) is 5.53. The summed E-state index contributed by atoms with van der Waals surface area (Å²) in [5.41, 5.74) is 1.43. The van der Waals surface area contributed by atoms with Crippen LogP contribution in [-0.4, -0.2) is 19.2 Å². The number of hydrogen-bond donors (Lipinski definition) is 1. The number of carbonyl (C=O) groups is 1. The number of anilines is 1. The van der Waals surface area contributed by atoms with Crippen molar-refractivity contribution in [3.8, 4) is 11.3 Å². The number of fused-ring (bicyclic) bond motifs is 1. The van der Waals surface area contributed by atoms with Crippen molar-refractivity contribution in [2.45, 2.75) is 9.79 Å². The van der Waals surface area contributed by atoms with Gasteiger partial charge in [-0.3, -0.25) is 9.52 Å². The van der Waals surface area contributed by atoms with Crippen molar-refractivity contribution in [1.82, 2.24) is 4.98 Å². The fraction of sp³-hybridized carbons (Fsp3) is 0. The Kier molecular flexibility index (Phi) is 5.01. The average Bonchev–Trinajstić information content (AvgIpc) is 3.51. The number of rotatable bonds is 5. The number of allylic oxidation sites excluding steroid dienone is 1. The standard InChI is InChI=1S/C22H14N2O4S3/c25-21-17-3-1-2-4-19(17)30-20(21)13-15-7-10-18(28-15)14-5-8-16(9-6-14)31(26,27)24-22-23-11-12-29-22/h1-13H,(H,23,24). The van der Waals surface area contributed by atoms with Crippen molar-refractivity contribution in [1.29, 1.82) is 0 Å². The molecule has 1 N–H and O–H groups in total. The molecule has 1 aliphatic rings. The van der Waals surface area contributed by atoms with Crippen LogP contribution in [0.3, 0.4) is 0 Å². The third kappa shape index (κ3) is 3.95. The van der Waals surface area contributed by atoms with Gasteiger partial charge in [0.1, 0.15) is 11.5 Å². The maximum Gasteiger partial charge on any atom is 0.263 e. The van der Waals surface area contributed by atoms with Gasteiger partial charge >= 0.3 is 0 Å². The fourth-order valence-corrected chi connectivity index (χ4v) is 5.92. The molecule has 2 aromatic carbocycles. The molecule has 0 radical (unpaired) electrons. The zero-order valence-corrected chi connectivity index (χ0v) is 18.3. The number of carbonyl (C=O) groups excluding carboxylic acids is 1. The number of hydrogen-bond acceptors (Lipinski definition) is 7. The number of nitrogens with zero attached hydrogens (tertiary/aromatic N) is 1. The van der Waals surface area contributed by atoms with Gasteiger partial charge < -0.3 is 4.42 Å². The van der Waals surface area contributed by atoms with E-state index in [9.17, 15) is 13.2 Å². The molecule has 6 nitrogen and oxygen atoms in total. The molecule has 1 aliphatic heterocycles. The maximum atomic E-state index is 12.5. The minimum atomic E-state index is -3.71. The minimum Gasteiger partial charge on any atom is -0.457 e. The van der Waals surface area contributed by atoms with E-state index in [1.54, 1.807) is 35.7 Å². The normalized spacial score (nSPS) is 14.7. The van der Waals surface area contributed by atoms with Crippen molar-refractivity contribution in [3.63, 3.8) is 0 Å². The Morgan fingerprint density at radius 3 is 2.55 bits per heavy atom. The number of sulfonamides is 1. The molecule has 0 amide bonds. The summed E-state index contributed by atoms with van der Waals surface area (Å²) in [7, 11) is -3.71. The van der Waals surface area contributed by atoms with Crippen LogP contribution in [0.2, 0.25) is 0 Å². The number of thiazole rings is 1. The van der Waals surface area contributed by atoms with Gasteiger partial charge in [-0.25, -0.2) is 13.4 Å². The Labute approximate surface area is 186 Å². The lowest BCUT2D eigenvalue weighted by Crippen LogP contribution is -2.12. The summed E-state index contributed by atoms with van der Waals surface area (Å²) in [6, 6.07) is 17.5. The summed E-state index contributed by atoms with van der Waals surface area (Å²) in [5.74, 6) is 1.12. The number of aromatic nitrogens is 1. The fourth-order valence-electron chi connectivity index (χ4n) is 3.10. The molecule has 0 saturated heterocycles. The highest BCUT2D eigenvalue weighted by molar-refractivity contribution is 8.04. The Hall–Kier alpha value is -3.14. The first kappa shape index (κ1) is 19.8. The molecule has 31 heavy (non-hydrogen) atoms. The van der Waals surface area contributed by atoms with Crippen molar-refractivity contribution in [3.05, 3.63) is 88.5 Å². The first-order chi connectivity index (χ1) is 15.0. The molecule has 0 unspecified atom stereocenters. The molecule has 0 saturated carbocycles. The van der Waals surface area contributed by atoms with E-state index in [1.165, 1.54) is 41.4 Å². The van der Waals surface area contributed by atoms with E-state index in [4.69, 9.17) is 4.42 Å². The maximum absolute atomic E-state index is 12.5. The van der Waals surface area contributed by atoms with E-state index < -0.39 is 10.0 Å². The molecule has 3 heterocycles. The van der Waals surface area contributed by atoms with E-state index in [1.807, 2.05) is 24.3 Å². The van der Waals surface area contributed by atoms with Crippen LogP contribution >= 0.6 is 23.1 Å². The molecule has 0 bridgehead atoms. The lowest BCUT2D eigenvalue weighted by molar-refractivity contribution is 0.104. The lowest BCUT2D eigenvalue weighted by atomic mass is 10.1. The zero-order chi connectivity index (χ0) is 21.4. The minimum absolute atomic E-state index is 0.0131. The summed E-state index contributed by atoms with van der Waals surface area (Å²) in [6.07, 6.45) is 3.26. The molecule has 0 fully saturated rings. The van der Waals surface area contributed by atoms with Gasteiger partial charge in [-0.2, -0.15) is 0 Å². The van der Waals surface area contributed by atoms with Gasteiger partial charge in [0.25, 0.3) is 10.0 Å². The van der Waals surface area contributed by atoms with E-state index in [2.05, 4.69) is 9.71 Å². The van der Waals surface area contributed by atoms with E-state index in [0.717, 1.165) is 10.5 Å². The highest BCUT2D eigenvalue weighted by atomic mass is 32.2. The second-order valence-corrected chi connectivity index (χ2v) is 10.3. The monoisotopic (exact) mass is 466 g/mol. The predicted molar refractivity (Wildman–Crippen MR) is 122 cm³/mol. The quantitative estimate of drug-likeness (QED) is 0.389. The molecule has 154 valence electrons. The van der Waals surface area contributed by atoms with Crippen LogP contribution in [0.5, 0.6) is 0 Å². The molecule has 0 spiro atoms. The van der Waals surface area contributed by atoms with E-state index >= 15 is 0 Å². The van der Waals surface area contributed by atoms with Crippen LogP contribution in [0, 0.1) is 0 Å². The second kappa shape index (κ2) is 7.84. The smallest absolute Gasteiger partial charge is 0.263 e. The van der Waals surface area contributed by atoms with Gasteiger partial charge in [0.15, 0.2) is 5.13 Å². The summed E-state index contributed by atoms with van der Waals surface area (Å²) >= 11 is 2.63. The molecule has 9 heteroatoms. The van der Waals surface area contributed by atoms with Crippen molar-refractivity contribution in [2.24, 2.45) is 0 Å². The topological polar surface area (TPSA) is 89.3 Å². The molecule has 0 aliphatic carbocycles. The number of ketones is 1. The van der Waals surface area contributed by atoms with Crippen LogP contribution in [0.4, 0.5) is 5.13 Å². The third-order valence-electron chi connectivity index (χ3n) is 4.58. The Morgan fingerprint density at radius 2 is 1.81 bits per heavy atom. The summed E-state index contributed by atoms with van der Waals surface area (Å²) in [4.78, 5) is 18.1. The highest BCUT2D eigenvalue weighted by Crippen LogP contribution is 2.41. The van der Waals surface area contributed by atoms with Crippen molar-refractivity contribution >= 4 is 50.1 Å². The Morgan fingerprint density at radius 1 is 1.00 bits per heavy atom. The van der Waals surface area contributed by atoms with Crippen LogP contribution < -0.4 is 4.72 Å². The molecule has 4 aromatic rings. The first-order valence-electron chi connectivity index (χ1n) is 9.15. The number of thioether (sulfide) groups is 1. The number of furan rings is 1. The SMILES string of the molecule is O=C1C(=Cc2ccc(-c3ccc(S(=O)(=O)Nc4nccs4)cc3)o2)Sc2ccccc21. The van der Waals surface area contributed by atoms with Crippen LogP contribution in [0.15, 0.2) is 91.4 Å². The van der Waals surface area contributed by atoms with Crippen LogP contribution in [-0.2, 0) is 10.0 Å². The van der Waals surface area contributed by atoms with E-state index in [0.29, 0.717) is 27.1 Å². The molecule has 2 aromatic heterocycles. The van der Waals surface area contributed by atoms with Crippen LogP contribution in [0.1, 0.15) is 16.1 Å². The van der Waals surface area contributed by atoms with Crippen molar-refractivity contribution < 1.29 is 17.6 Å². The van der Waals surface area contributed by atoms with Gasteiger partial charge in [-0.15, -0.1) is 11.3 Å². The number of nitrogens with one attached hydrogen (secondary N) is 1. The first-order valence-corrected chi connectivity index (χ1v) is 12.3. The molecule has 0 atom stereocenters. The average molecular weight is 467 g/mol. The number of benzene rings is 2. The summed E-state index contributed by atoms with van der Waals surface area (Å²) in [6.45, 7) is 0. The van der Waals surface area contributed by atoms with Gasteiger partial charge in [0, 0.05) is 27.6 Å². The Bertz CT molecular complexity index is 1400. The van der Waals surface area contributed by atoms with Gasteiger partial charge in [-0.05, 0) is 54.6 Å². The summed E-state index contributed by atoms with van der Waals surface area (Å²) in [5, 5.41) is 2.01. The van der Waals surface area contributed by atoms with Gasteiger partial charge in [0.05, 0.1) is 9.80 Å². The molecular formula is C22H14N2O4S3. The van der Waals surface area contributed by atoms with Gasteiger partial charge in [-0.1, -0.05) is 23.9 Å². The Balaban J connectivity index is 1.35. The highest BCUT2D eigenvalue weighted by Gasteiger charge is 2.25. The molecular weight excluding hydrogens is 452 g/mol. The van der Waals surface area contributed by atoms with Crippen molar-refractivity contribution in [2.75, 3.05) is 4.72 Å². The largest absolute Gasteiger partial charge is 0.457 e. The second-order valence-electron chi connectivity index (χ2n) is 6.61. The summed E-state index contributed by atoms with van der Waals surface area (Å²) < 4.78 is 33.2. The van der Waals surface area contributed by atoms with Crippen LogP contribution in [0.25, 0.3) is 17.4 Å². The number of Topliss-reactive ketones (excluding diaryl/α,β-unsaturated/α-hetero) is 1. The molecule has 5 rings (SSSR count). The lowest BCUT2D eigenvalue weighted by Gasteiger charge is -2.05. The zero-order valence-electron chi connectivity index (χ0n) is 15.8. The third-order valence-corrected chi connectivity index (χ3v) is 7.85.